The predicted molar refractivity (Wildman–Crippen MR) is 91.7 cm³/mol. The van der Waals surface area contributed by atoms with Gasteiger partial charge in [-0.1, -0.05) is 18.2 Å². The maximum absolute atomic E-state index is 10.9. The molecule has 2 saturated heterocycles. The Kier molecular flexibility index (Phi) is 3.74. The fourth-order valence-corrected chi connectivity index (χ4v) is 4.22. The number of fused-ring (bicyclic) bond motifs is 1. The van der Waals surface area contributed by atoms with E-state index in [4.69, 9.17) is 4.74 Å². The van der Waals surface area contributed by atoms with Gasteiger partial charge in [0.2, 0.25) is 0 Å². The number of hydrogen-bond donors (Lipinski definition) is 1. The molecule has 1 N–H and O–H groups in total. The van der Waals surface area contributed by atoms with Crippen LogP contribution in [-0.2, 0) is 4.74 Å². The van der Waals surface area contributed by atoms with Gasteiger partial charge in [0, 0.05) is 42.4 Å². The molecule has 1 aromatic carbocycles. The highest BCUT2D eigenvalue weighted by atomic mass is 16.5. The van der Waals surface area contributed by atoms with Crippen molar-refractivity contribution >= 4 is 16.6 Å². The lowest BCUT2D eigenvalue weighted by molar-refractivity contribution is -0.108. The highest BCUT2D eigenvalue weighted by Crippen LogP contribution is 2.39. The molecule has 23 heavy (non-hydrogen) atoms. The third kappa shape index (κ3) is 2.60. The smallest absolute Gasteiger partial charge is 0.0722 e. The Hall–Kier alpha value is -1.65. The molecule has 0 aliphatic carbocycles. The molecule has 2 aliphatic rings. The fourth-order valence-electron chi connectivity index (χ4n) is 4.22. The second kappa shape index (κ2) is 5.77. The number of hydrogen-bond acceptors (Lipinski definition) is 4. The van der Waals surface area contributed by atoms with E-state index in [0.29, 0.717) is 19.3 Å². The van der Waals surface area contributed by atoms with E-state index >= 15 is 0 Å². The van der Waals surface area contributed by atoms with Crippen LogP contribution < -0.4 is 4.90 Å². The third-order valence-electron chi connectivity index (χ3n) is 5.55. The molecule has 122 valence electrons. The molecule has 3 atom stereocenters. The van der Waals surface area contributed by atoms with Crippen molar-refractivity contribution in [3.05, 3.63) is 36.5 Å². The monoisotopic (exact) mass is 312 g/mol. The van der Waals surface area contributed by atoms with Crippen LogP contribution in [0.5, 0.6) is 0 Å². The van der Waals surface area contributed by atoms with Crippen LogP contribution in [0.1, 0.15) is 26.2 Å². The quantitative estimate of drug-likeness (QED) is 0.926. The largest absolute Gasteiger partial charge is 0.390 e. The van der Waals surface area contributed by atoms with E-state index in [9.17, 15) is 5.11 Å². The zero-order valence-electron chi connectivity index (χ0n) is 13.6. The van der Waals surface area contributed by atoms with Crippen LogP contribution in [0.25, 0.3) is 10.9 Å². The van der Waals surface area contributed by atoms with Crippen molar-refractivity contribution in [1.29, 1.82) is 0 Å². The standard InChI is InChI=1S/C19H24N2O2/c1-19(22)9-12-23-13-15(19)18-7-4-11-21(18)17-8-10-20-16-6-3-2-5-14(16)17/h2-3,5-6,8,10,15,18,22H,4,7,9,11-13H2,1H3/t15-,18+,19-/m0/s1. The highest BCUT2D eigenvalue weighted by molar-refractivity contribution is 5.91. The van der Waals surface area contributed by atoms with Gasteiger partial charge in [-0.3, -0.25) is 4.98 Å². The topological polar surface area (TPSA) is 45.6 Å². The first-order valence-electron chi connectivity index (χ1n) is 8.57. The molecule has 4 heteroatoms. The molecule has 4 rings (SSSR count). The van der Waals surface area contributed by atoms with Crippen molar-refractivity contribution in [3.63, 3.8) is 0 Å². The lowest BCUT2D eigenvalue weighted by atomic mass is 9.79. The van der Waals surface area contributed by atoms with Gasteiger partial charge in [0.1, 0.15) is 0 Å². The van der Waals surface area contributed by atoms with E-state index in [2.05, 4.69) is 34.1 Å². The summed E-state index contributed by atoms with van der Waals surface area (Å²) in [5.74, 6) is 0.158. The average molecular weight is 312 g/mol. The van der Waals surface area contributed by atoms with Crippen LogP contribution in [0.15, 0.2) is 36.5 Å². The molecule has 4 nitrogen and oxygen atoms in total. The molecule has 2 fully saturated rings. The van der Waals surface area contributed by atoms with Gasteiger partial charge in [0.25, 0.3) is 0 Å². The fraction of sp³-hybridized carbons (Fsp3) is 0.526. The van der Waals surface area contributed by atoms with Crippen LogP contribution in [-0.4, -0.2) is 41.5 Å². The van der Waals surface area contributed by atoms with Crippen LogP contribution >= 0.6 is 0 Å². The Morgan fingerprint density at radius 1 is 1.30 bits per heavy atom. The van der Waals surface area contributed by atoms with Gasteiger partial charge < -0.3 is 14.7 Å². The Morgan fingerprint density at radius 2 is 2.17 bits per heavy atom. The summed E-state index contributed by atoms with van der Waals surface area (Å²) >= 11 is 0. The van der Waals surface area contributed by atoms with Crippen LogP contribution in [0, 0.1) is 5.92 Å². The first kappa shape index (κ1) is 14.9. The minimum Gasteiger partial charge on any atom is -0.390 e. The lowest BCUT2D eigenvalue weighted by Crippen LogP contribution is -2.52. The van der Waals surface area contributed by atoms with E-state index in [0.717, 1.165) is 31.3 Å². The van der Waals surface area contributed by atoms with Crippen LogP contribution in [0.2, 0.25) is 0 Å². The van der Waals surface area contributed by atoms with Crippen LogP contribution in [0.4, 0.5) is 5.69 Å². The Bertz CT molecular complexity index is 695. The van der Waals surface area contributed by atoms with Gasteiger partial charge in [0.05, 0.1) is 17.7 Å². The molecular weight excluding hydrogens is 288 g/mol. The number of anilines is 1. The minimum atomic E-state index is -0.645. The summed E-state index contributed by atoms with van der Waals surface area (Å²) in [5, 5.41) is 12.0. The SMILES string of the molecule is C[C@]1(O)CCOC[C@H]1[C@H]1CCCN1c1ccnc2ccccc12. The number of benzene rings is 1. The summed E-state index contributed by atoms with van der Waals surface area (Å²) in [5.41, 5.74) is 1.62. The minimum absolute atomic E-state index is 0.158. The average Bonchev–Trinajstić information content (AvgIpc) is 3.03. The van der Waals surface area contributed by atoms with Crippen molar-refractivity contribution in [2.45, 2.75) is 37.8 Å². The first-order valence-corrected chi connectivity index (χ1v) is 8.57. The number of pyridine rings is 1. The first-order chi connectivity index (χ1) is 11.2. The van der Waals surface area contributed by atoms with Crippen molar-refractivity contribution in [3.8, 4) is 0 Å². The van der Waals surface area contributed by atoms with Crippen molar-refractivity contribution in [1.82, 2.24) is 4.98 Å². The number of aliphatic hydroxyl groups is 1. The summed E-state index contributed by atoms with van der Waals surface area (Å²) in [7, 11) is 0. The third-order valence-corrected chi connectivity index (χ3v) is 5.55. The number of nitrogens with zero attached hydrogens (tertiary/aromatic N) is 2. The molecule has 0 amide bonds. The van der Waals surface area contributed by atoms with Crippen molar-refractivity contribution in [2.75, 3.05) is 24.7 Å². The Morgan fingerprint density at radius 3 is 3.04 bits per heavy atom. The number of aromatic nitrogens is 1. The molecule has 0 bridgehead atoms. The van der Waals surface area contributed by atoms with Gasteiger partial charge in [-0.05, 0) is 38.3 Å². The molecule has 0 radical (unpaired) electrons. The predicted octanol–water partition coefficient (Wildman–Crippen LogP) is 2.99. The zero-order chi connectivity index (χ0) is 15.9. The van der Waals surface area contributed by atoms with E-state index in [1.165, 1.54) is 11.1 Å². The number of para-hydroxylation sites is 1. The molecule has 3 heterocycles. The second-order valence-electron chi connectivity index (χ2n) is 7.04. The normalized spacial score (nSPS) is 31.7. The summed E-state index contributed by atoms with van der Waals surface area (Å²) in [4.78, 5) is 6.95. The summed E-state index contributed by atoms with van der Waals surface area (Å²) < 4.78 is 5.70. The number of ether oxygens (including phenoxy) is 1. The second-order valence-corrected chi connectivity index (χ2v) is 7.04. The molecular formula is C19H24N2O2. The van der Waals surface area contributed by atoms with Gasteiger partial charge in [-0.2, -0.15) is 0 Å². The zero-order valence-corrected chi connectivity index (χ0v) is 13.6. The Labute approximate surface area is 137 Å². The molecule has 0 unspecified atom stereocenters. The Balaban J connectivity index is 1.72. The molecule has 1 aromatic heterocycles. The van der Waals surface area contributed by atoms with Gasteiger partial charge in [-0.25, -0.2) is 0 Å². The maximum atomic E-state index is 10.9. The maximum Gasteiger partial charge on any atom is 0.0722 e. The van der Waals surface area contributed by atoms with Crippen molar-refractivity contribution < 1.29 is 9.84 Å². The summed E-state index contributed by atoms with van der Waals surface area (Å²) in [6, 6.07) is 10.7. The highest BCUT2D eigenvalue weighted by Gasteiger charge is 2.44. The lowest BCUT2D eigenvalue weighted by Gasteiger charge is -2.44. The van der Waals surface area contributed by atoms with E-state index in [1.807, 2.05) is 19.2 Å². The molecule has 0 saturated carbocycles. The van der Waals surface area contributed by atoms with Crippen LogP contribution in [0.3, 0.4) is 0 Å². The van der Waals surface area contributed by atoms with E-state index < -0.39 is 5.60 Å². The van der Waals surface area contributed by atoms with E-state index in [-0.39, 0.29) is 5.92 Å². The van der Waals surface area contributed by atoms with Crippen molar-refractivity contribution in [2.24, 2.45) is 5.92 Å². The summed E-state index contributed by atoms with van der Waals surface area (Å²) in [6.07, 6.45) is 4.89. The number of rotatable bonds is 2. The molecule has 0 spiro atoms. The molecule has 2 aliphatic heterocycles. The van der Waals surface area contributed by atoms with E-state index in [1.54, 1.807) is 0 Å². The van der Waals surface area contributed by atoms with Gasteiger partial charge in [-0.15, -0.1) is 0 Å². The molecule has 2 aromatic rings. The van der Waals surface area contributed by atoms with Gasteiger partial charge in [0.15, 0.2) is 0 Å². The summed E-state index contributed by atoms with van der Waals surface area (Å²) in [6.45, 7) is 4.32. The van der Waals surface area contributed by atoms with Gasteiger partial charge >= 0.3 is 0 Å².